The number of rotatable bonds is 9. The molecule has 1 heterocycles. The molecule has 0 atom stereocenters. The number of nitrogens with zero attached hydrogens (tertiary/aromatic N) is 5. The molecule has 0 unspecified atom stereocenters. The molecule has 0 N–H and O–H groups in total. The van der Waals surface area contributed by atoms with Gasteiger partial charge in [0.2, 0.25) is 5.95 Å². The molecule has 0 fully saturated rings. The number of hydrogen-bond acceptors (Lipinski definition) is 5. The molecule has 0 spiro atoms. The molecular formula is C21H27FN5O. The van der Waals surface area contributed by atoms with Crippen LogP contribution in [-0.2, 0) is 0 Å². The van der Waals surface area contributed by atoms with Gasteiger partial charge >= 0.3 is 0 Å². The van der Waals surface area contributed by atoms with E-state index >= 15 is 0 Å². The highest BCUT2D eigenvalue weighted by Gasteiger charge is 2.21. The molecule has 0 aliphatic carbocycles. The first kappa shape index (κ1) is 21.5. The minimum Gasteiger partial charge on any atom is -0.341 e. The Hall–Kier alpha value is -2.83. The molecule has 2 rings (SSSR count). The fourth-order valence-corrected chi connectivity index (χ4v) is 2.72. The summed E-state index contributed by atoms with van der Waals surface area (Å²) in [5, 5.41) is 0. The number of unbranched alkanes of at least 4 members (excludes halogenated alkanes) is 1. The van der Waals surface area contributed by atoms with E-state index in [0.29, 0.717) is 36.0 Å². The highest BCUT2D eigenvalue weighted by atomic mass is 19.1. The summed E-state index contributed by atoms with van der Waals surface area (Å²) in [5.74, 6) is 0.365. The maximum Gasteiger partial charge on any atom is 0.258 e. The minimum absolute atomic E-state index is 0.254. The molecule has 1 aromatic carbocycles. The molecular weight excluding hydrogens is 357 g/mol. The van der Waals surface area contributed by atoms with Gasteiger partial charge in [-0.15, -0.1) is 0 Å². The van der Waals surface area contributed by atoms with Gasteiger partial charge in [0, 0.05) is 31.4 Å². The Labute approximate surface area is 166 Å². The zero-order valence-electron chi connectivity index (χ0n) is 16.7. The van der Waals surface area contributed by atoms with Crippen molar-refractivity contribution in [3.63, 3.8) is 0 Å². The Morgan fingerprint density at radius 3 is 2.43 bits per heavy atom. The minimum atomic E-state index is -0.384. The maximum absolute atomic E-state index is 13.2. The van der Waals surface area contributed by atoms with Crippen LogP contribution in [0.15, 0.2) is 35.5 Å². The van der Waals surface area contributed by atoms with Crippen LogP contribution >= 0.6 is 0 Å². The Morgan fingerprint density at radius 2 is 1.86 bits per heavy atom. The third-order valence-corrected chi connectivity index (χ3v) is 4.27. The lowest BCUT2D eigenvalue weighted by Gasteiger charge is -2.24. The van der Waals surface area contributed by atoms with E-state index in [0.717, 1.165) is 19.5 Å². The van der Waals surface area contributed by atoms with Gasteiger partial charge in [0.15, 0.2) is 5.82 Å². The Morgan fingerprint density at radius 1 is 1.18 bits per heavy atom. The highest BCUT2D eigenvalue weighted by molar-refractivity contribution is 6.07. The zero-order valence-corrected chi connectivity index (χ0v) is 16.7. The smallest absolute Gasteiger partial charge is 0.258 e. The predicted molar refractivity (Wildman–Crippen MR) is 112 cm³/mol. The Bertz CT molecular complexity index is 803. The van der Waals surface area contributed by atoms with E-state index in [4.69, 9.17) is 0 Å². The standard InChI is InChI=1S/C21H27FN5O/c1-5-9-14-23-19-18(15-24-21(25-19)26(6-2)7-3)27(8-4)20(28)16-10-12-17(22)13-11-16/h10-15H,1,5-9H2,2-4H3. The fraction of sp³-hybridized carbons (Fsp3) is 0.381. The van der Waals surface area contributed by atoms with E-state index in [-0.39, 0.29) is 11.7 Å². The van der Waals surface area contributed by atoms with Gasteiger partial charge in [0.05, 0.1) is 6.20 Å². The van der Waals surface area contributed by atoms with E-state index in [1.165, 1.54) is 24.3 Å². The summed E-state index contributed by atoms with van der Waals surface area (Å²) in [6.45, 7) is 11.7. The molecule has 6 nitrogen and oxygen atoms in total. The van der Waals surface area contributed by atoms with Gasteiger partial charge < -0.3 is 9.80 Å². The van der Waals surface area contributed by atoms with Gasteiger partial charge in [-0.2, -0.15) is 4.98 Å². The van der Waals surface area contributed by atoms with E-state index in [9.17, 15) is 9.18 Å². The lowest BCUT2D eigenvalue weighted by atomic mass is 10.2. The first-order valence-corrected chi connectivity index (χ1v) is 9.56. The normalized spacial score (nSPS) is 11.0. The molecule has 149 valence electrons. The summed E-state index contributed by atoms with van der Waals surface area (Å²) in [4.78, 5) is 30.0. The lowest BCUT2D eigenvalue weighted by molar-refractivity contribution is 0.0988. The van der Waals surface area contributed by atoms with E-state index in [1.54, 1.807) is 17.3 Å². The average Bonchev–Trinajstić information content (AvgIpc) is 2.71. The fourth-order valence-electron chi connectivity index (χ4n) is 2.72. The third kappa shape index (κ3) is 5.12. The lowest BCUT2D eigenvalue weighted by Crippen LogP contribution is -2.31. The molecule has 28 heavy (non-hydrogen) atoms. The quantitative estimate of drug-likeness (QED) is 0.600. The van der Waals surface area contributed by atoms with Crippen LogP contribution in [0.25, 0.3) is 0 Å². The van der Waals surface area contributed by atoms with Crippen molar-refractivity contribution < 1.29 is 9.18 Å². The zero-order chi connectivity index (χ0) is 20.5. The van der Waals surface area contributed by atoms with Crippen LogP contribution in [-0.4, -0.2) is 41.7 Å². The molecule has 7 heteroatoms. The van der Waals surface area contributed by atoms with Crippen LogP contribution in [0.4, 0.5) is 21.8 Å². The Kier molecular flexibility index (Phi) is 8.04. The monoisotopic (exact) mass is 384 g/mol. The van der Waals surface area contributed by atoms with Crippen LogP contribution in [0.5, 0.6) is 0 Å². The molecule has 0 saturated heterocycles. The molecule has 1 amide bonds. The van der Waals surface area contributed by atoms with Crippen molar-refractivity contribution in [1.29, 1.82) is 0 Å². The van der Waals surface area contributed by atoms with Crippen LogP contribution in [0.1, 0.15) is 44.0 Å². The number of carbonyl (C=O) groups excluding carboxylic acids is 1. The first-order chi connectivity index (χ1) is 13.5. The number of halogens is 1. The number of carbonyl (C=O) groups is 1. The average molecular weight is 384 g/mol. The van der Waals surface area contributed by atoms with Crippen molar-refractivity contribution >= 4 is 29.6 Å². The maximum atomic E-state index is 13.2. The van der Waals surface area contributed by atoms with Crippen molar-refractivity contribution in [2.24, 2.45) is 4.99 Å². The number of hydrogen-bond donors (Lipinski definition) is 0. The number of amides is 1. The second kappa shape index (κ2) is 10.5. The van der Waals surface area contributed by atoms with E-state index < -0.39 is 0 Å². The van der Waals surface area contributed by atoms with Crippen LogP contribution in [0.2, 0.25) is 0 Å². The van der Waals surface area contributed by atoms with Crippen LogP contribution in [0, 0.1) is 12.7 Å². The van der Waals surface area contributed by atoms with Crippen molar-refractivity contribution in [3.05, 3.63) is 48.8 Å². The molecule has 2 aromatic rings. The number of aromatic nitrogens is 2. The first-order valence-electron chi connectivity index (χ1n) is 9.56. The van der Waals surface area contributed by atoms with Gasteiger partial charge in [-0.1, -0.05) is 6.92 Å². The molecule has 1 radical (unpaired) electrons. The van der Waals surface area contributed by atoms with Crippen LogP contribution < -0.4 is 9.80 Å². The van der Waals surface area contributed by atoms with Crippen molar-refractivity contribution in [2.45, 2.75) is 33.6 Å². The van der Waals surface area contributed by atoms with Gasteiger partial charge in [0.25, 0.3) is 5.91 Å². The SMILES string of the molecule is [CH2]CCC=Nc1nc(N(CC)CC)ncc1N(CC)C(=O)c1ccc(F)cc1. The van der Waals surface area contributed by atoms with Crippen LogP contribution in [0.3, 0.4) is 0 Å². The summed E-state index contributed by atoms with van der Waals surface area (Å²) < 4.78 is 13.2. The second-order valence-electron chi connectivity index (χ2n) is 6.06. The summed E-state index contributed by atoms with van der Waals surface area (Å²) in [6, 6.07) is 5.48. The van der Waals surface area contributed by atoms with E-state index in [1.807, 2.05) is 25.7 Å². The second-order valence-corrected chi connectivity index (χ2v) is 6.06. The predicted octanol–water partition coefficient (Wildman–Crippen LogP) is 4.45. The molecule has 0 aliphatic heterocycles. The van der Waals surface area contributed by atoms with Gasteiger partial charge in [-0.25, -0.2) is 14.4 Å². The molecule has 0 saturated carbocycles. The number of anilines is 2. The van der Waals surface area contributed by atoms with E-state index in [2.05, 4.69) is 21.9 Å². The number of aliphatic imine (C=N–C) groups is 1. The molecule has 0 aliphatic rings. The Balaban J connectivity index is 2.46. The third-order valence-electron chi connectivity index (χ3n) is 4.27. The van der Waals surface area contributed by atoms with Gasteiger partial charge in [0.1, 0.15) is 11.5 Å². The van der Waals surface area contributed by atoms with Crippen molar-refractivity contribution in [1.82, 2.24) is 9.97 Å². The van der Waals surface area contributed by atoms with Crippen molar-refractivity contribution in [3.8, 4) is 0 Å². The molecule has 0 bridgehead atoms. The largest absolute Gasteiger partial charge is 0.341 e. The van der Waals surface area contributed by atoms with Gasteiger partial charge in [-0.3, -0.25) is 4.79 Å². The summed E-state index contributed by atoms with van der Waals surface area (Å²) >= 11 is 0. The number of benzene rings is 1. The summed E-state index contributed by atoms with van der Waals surface area (Å²) in [5.41, 5.74) is 0.914. The van der Waals surface area contributed by atoms with Crippen molar-refractivity contribution in [2.75, 3.05) is 29.4 Å². The highest BCUT2D eigenvalue weighted by Crippen LogP contribution is 2.29. The topological polar surface area (TPSA) is 61.7 Å². The van der Waals surface area contributed by atoms with Gasteiger partial charge in [-0.05, 0) is 57.9 Å². The molecule has 1 aromatic heterocycles. The summed E-state index contributed by atoms with van der Waals surface area (Å²) in [6.07, 6.45) is 4.81. The summed E-state index contributed by atoms with van der Waals surface area (Å²) in [7, 11) is 0.